The molecule has 0 aromatic carbocycles. The van der Waals surface area contributed by atoms with E-state index in [2.05, 4.69) is 39.4 Å². The van der Waals surface area contributed by atoms with Gasteiger partial charge in [0.1, 0.15) is 30.2 Å². The van der Waals surface area contributed by atoms with Gasteiger partial charge in [-0.3, -0.25) is 4.99 Å². The van der Waals surface area contributed by atoms with Crippen LogP contribution in [-0.4, -0.2) is 87.9 Å². The van der Waals surface area contributed by atoms with E-state index in [1.807, 2.05) is 0 Å². The van der Waals surface area contributed by atoms with Gasteiger partial charge in [0.15, 0.2) is 12.4 Å². The minimum Gasteiger partial charge on any atom is -0.394 e. The van der Waals surface area contributed by atoms with Crippen molar-refractivity contribution in [1.29, 1.82) is 0 Å². The van der Waals surface area contributed by atoms with Crippen molar-refractivity contribution >= 4 is 24.3 Å². The fourth-order valence-corrected chi connectivity index (χ4v) is 2.93. The molecule has 0 saturated carbocycles. The average Bonchev–Trinajstić information content (AvgIpc) is 3.14. The molecule has 1 fully saturated rings. The van der Waals surface area contributed by atoms with Crippen molar-refractivity contribution in [2.24, 2.45) is 31.7 Å². The van der Waals surface area contributed by atoms with Crippen LogP contribution >= 0.6 is 0 Å². The van der Waals surface area contributed by atoms with Crippen molar-refractivity contribution in [3.8, 4) is 0 Å². The molecule has 11 nitrogen and oxygen atoms in total. The number of nitrogens with two attached hydrogens (primary N) is 1. The Morgan fingerprint density at radius 2 is 2.19 bits per heavy atom. The molecule has 26 heavy (non-hydrogen) atoms. The van der Waals surface area contributed by atoms with Crippen LogP contribution in [0.2, 0.25) is 0 Å². The molecular formula is C15H25N7O4. The van der Waals surface area contributed by atoms with Gasteiger partial charge in [-0.15, -0.1) is 0 Å². The molecule has 0 aliphatic carbocycles. The van der Waals surface area contributed by atoms with Gasteiger partial charge in [0.2, 0.25) is 5.96 Å². The van der Waals surface area contributed by atoms with Crippen LogP contribution in [-0.2, 0) is 4.74 Å². The molecule has 6 N–H and O–H groups in total. The van der Waals surface area contributed by atoms with Crippen molar-refractivity contribution in [2.75, 3.05) is 6.61 Å². The second kappa shape index (κ2) is 7.66. The van der Waals surface area contributed by atoms with Crippen LogP contribution in [0, 0.1) is 5.92 Å². The van der Waals surface area contributed by atoms with E-state index in [9.17, 15) is 15.3 Å². The Morgan fingerprint density at radius 1 is 1.42 bits per heavy atom. The second-order valence-electron chi connectivity index (χ2n) is 6.84. The van der Waals surface area contributed by atoms with Gasteiger partial charge in [-0.1, -0.05) is 13.8 Å². The lowest BCUT2D eigenvalue weighted by Crippen LogP contribution is -2.52. The molecule has 0 spiro atoms. The van der Waals surface area contributed by atoms with E-state index in [-0.39, 0.29) is 11.8 Å². The topological polar surface area (TPSA) is 161 Å². The number of aliphatic imine (C=N–C) groups is 3. The van der Waals surface area contributed by atoms with Crippen molar-refractivity contribution in [3.63, 3.8) is 0 Å². The summed E-state index contributed by atoms with van der Waals surface area (Å²) in [4.78, 5) is 14.4. The standard InChI is InChI=1S/C15H25N7O4/c1-7(2)3-4-18-21-15-19-12(16)9-13(20-15)22(6-17-9)14-11(25)10(24)8(5-23)26-14/h4,6-11,13-14,23-25H,3,5H2,1-2H3,(H3,16,19,20,21)/b18-4+/t8?,9?,10-,11-,13?,14?/m1/s1. The molecule has 0 amide bonds. The van der Waals surface area contributed by atoms with Crippen LogP contribution in [0.5, 0.6) is 0 Å². The molecule has 6 atom stereocenters. The number of aliphatic hydroxyl groups excluding tert-OH is 3. The minimum atomic E-state index is -1.21. The van der Waals surface area contributed by atoms with Gasteiger partial charge in [0.05, 0.1) is 12.9 Å². The van der Waals surface area contributed by atoms with E-state index in [1.165, 1.54) is 6.34 Å². The Bertz CT molecular complexity index is 635. The summed E-state index contributed by atoms with van der Waals surface area (Å²) in [6, 6.07) is -0.513. The average molecular weight is 367 g/mol. The molecule has 3 aliphatic rings. The summed E-state index contributed by atoms with van der Waals surface area (Å²) in [5.74, 6) is 0.973. The normalized spacial score (nSPS) is 36.6. The molecule has 4 unspecified atom stereocenters. The number of hydrogen-bond acceptors (Lipinski definition) is 11. The quantitative estimate of drug-likeness (QED) is 0.272. The summed E-state index contributed by atoms with van der Waals surface area (Å²) < 4.78 is 5.55. The summed E-state index contributed by atoms with van der Waals surface area (Å²) in [6.45, 7) is 3.76. The van der Waals surface area contributed by atoms with Gasteiger partial charge < -0.3 is 30.7 Å². The fraction of sp³-hybridized carbons (Fsp3) is 0.733. The van der Waals surface area contributed by atoms with E-state index in [0.29, 0.717) is 5.92 Å². The molecule has 0 bridgehead atoms. The van der Waals surface area contributed by atoms with Crippen LogP contribution < -0.4 is 11.2 Å². The lowest BCUT2D eigenvalue weighted by atomic mass is 10.1. The fourth-order valence-electron chi connectivity index (χ4n) is 2.93. The highest BCUT2D eigenvalue weighted by Crippen LogP contribution is 2.29. The number of aliphatic hydroxyl groups is 3. The Hall–Kier alpha value is -2.08. The first-order valence-electron chi connectivity index (χ1n) is 8.55. The van der Waals surface area contributed by atoms with Crippen molar-refractivity contribution in [1.82, 2.24) is 10.3 Å². The van der Waals surface area contributed by atoms with E-state index < -0.39 is 43.4 Å². The van der Waals surface area contributed by atoms with E-state index >= 15 is 0 Å². The first-order valence-corrected chi connectivity index (χ1v) is 8.55. The summed E-state index contributed by atoms with van der Waals surface area (Å²) >= 11 is 0. The largest absolute Gasteiger partial charge is 0.394 e. The van der Waals surface area contributed by atoms with Crippen LogP contribution in [0.15, 0.2) is 20.1 Å². The molecular weight excluding hydrogens is 342 g/mol. The third kappa shape index (κ3) is 3.56. The Balaban J connectivity index is 1.72. The van der Waals surface area contributed by atoms with Gasteiger partial charge in [-0.05, 0) is 12.3 Å². The summed E-state index contributed by atoms with van der Waals surface area (Å²) in [6.07, 6.45) is -0.766. The SMILES string of the molecule is CC(C)C/C=N/NC1=NC2C(N=CN2C2OC(CO)[C@@H](O)[C@H]2O)C(N)=N1. The van der Waals surface area contributed by atoms with E-state index in [0.717, 1.165) is 6.42 Å². The Morgan fingerprint density at radius 3 is 2.85 bits per heavy atom. The molecule has 11 heteroatoms. The number of nitrogens with zero attached hydrogens (tertiary/aromatic N) is 5. The molecule has 3 heterocycles. The van der Waals surface area contributed by atoms with Gasteiger partial charge in [-0.2, -0.15) is 10.1 Å². The highest BCUT2D eigenvalue weighted by atomic mass is 16.6. The van der Waals surface area contributed by atoms with Crippen LogP contribution in [0.3, 0.4) is 0 Å². The summed E-state index contributed by atoms with van der Waals surface area (Å²) in [5.41, 5.74) is 8.73. The van der Waals surface area contributed by atoms with Crippen molar-refractivity contribution in [3.05, 3.63) is 0 Å². The van der Waals surface area contributed by atoms with E-state index in [4.69, 9.17) is 10.5 Å². The molecule has 3 aliphatic heterocycles. The highest BCUT2D eigenvalue weighted by Gasteiger charge is 2.50. The van der Waals surface area contributed by atoms with Gasteiger partial charge >= 0.3 is 0 Å². The lowest BCUT2D eigenvalue weighted by molar-refractivity contribution is -0.0779. The zero-order chi connectivity index (χ0) is 18.8. The molecule has 1 saturated heterocycles. The van der Waals surface area contributed by atoms with Gasteiger partial charge in [-0.25, -0.2) is 10.4 Å². The number of hydrogen-bond donors (Lipinski definition) is 5. The molecule has 3 rings (SSSR count). The molecule has 0 aromatic heterocycles. The monoisotopic (exact) mass is 367 g/mol. The predicted molar refractivity (Wildman–Crippen MR) is 95.8 cm³/mol. The zero-order valence-corrected chi connectivity index (χ0v) is 14.7. The van der Waals surface area contributed by atoms with Crippen LogP contribution in [0.1, 0.15) is 20.3 Å². The number of amidine groups is 1. The molecule has 144 valence electrons. The highest BCUT2D eigenvalue weighted by molar-refractivity contribution is 6.01. The maximum Gasteiger partial charge on any atom is 0.242 e. The number of fused-ring (bicyclic) bond motifs is 1. The molecule has 0 radical (unpaired) electrons. The number of nitrogens with one attached hydrogen (secondary N) is 1. The number of guanidine groups is 1. The van der Waals surface area contributed by atoms with E-state index in [1.54, 1.807) is 11.1 Å². The number of rotatable bonds is 5. The third-order valence-electron chi connectivity index (χ3n) is 4.38. The first-order chi connectivity index (χ1) is 12.4. The number of ether oxygens (including phenoxy) is 1. The summed E-state index contributed by atoms with van der Waals surface area (Å²) in [5, 5.41) is 33.5. The van der Waals surface area contributed by atoms with Crippen molar-refractivity contribution < 1.29 is 20.1 Å². The predicted octanol–water partition coefficient (Wildman–Crippen LogP) is -2.19. The number of hydrazone groups is 1. The van der Waals surface area contributed by atoms with Crippen molar-refractivity contribution in [2.45, 2.75) is 57.0 Å². The van der Waals surface area contributed by atoms with Crippen LogP contribution in [0.25, 0.3) is 0 Å². The van der Waals surface area contributed by atoms with Crippen LogP contribution in [0.4, 0.5) is 0 Å². The third-order valence-corrected chi connectivity index (χ3v) is 4.38. The maximum atomic E-state index is 10.2. The maximum absolute atomic E-state index is 10.2. The van der Waals surface area contributed by atoms with Gasteiger partial charge in [0, 0.05) is 6.21 Å². The minimum absolute atomic E-state index is 0.228. The zero-order valence-electron chi connectivity index (χ0n) is 14.7. The Labute approximate surface area is 151 Å². The lowest BCUT2D eigenvalue weighted by Gasteiger charge is -2.32. The summed E-state index contributed by atoms with van der Waals surface area (Å²) in [7, 11) is 0. The second-order valence-corrected chi connectivity index (χ2v) is 6.84. The molecule has 0 aromatic rings. The Kier molecular flexibility index (Phi) is 5.51. The van der Waals surface area contributed by atoms with Gasteiger partial charge in [0.25, 0.3) is 0 Å². The smallest absolute Gasteiger partial charge is 0.242 e. The first kappa shape index (κ1) is 18.7.